The fourth-order valence-electron chi connectivity index (χ4n) is 3.12. The molecule has 0 saturated heterocycles. The summed E-state index contributed by atoms with van der Waals surface area (Å²) in [5.41, 5.74) is 2.96. The largest absolute Gasteiger partial charge is 1.00 e. The minimum atomic E-state index is -0.966. The zero-order valence-electron chi connectivity index (χ0n) is 13.3. The van der Waals surface area contributed by atoms with Crippen LogP contribution < -0.4 is 17.7 Å². The Balaban J connectivity index is 0.00000220. The molecule has 21 heavy (non-hydrogen) atoms. The van der Waals surface area contributed by atoms with Crippen molar-refractivity contribution < 1.29 is 12.4 Å². The van der Waals surface area contributed by atoms with Crippen LogP contribution in [0.1, 0.15) is 31.9 Å². The molecule has 0 aliphatic heterocycles. The second-order valence-electron chi connectivity index (χ2n) is 5.38. The lowest BCUT2D eigenvalue weighted by Gasteiger charge is -2.25. The molecule has 0 aromatic heterocycles. The van der Waals surface area contributed by atoms with Crippen LogP contribution in [0, 0.1) is 0 Å². The van der Waals surface area contributed by atoms with E-state index < -0.39 is 7.26 Å². The second kappa shape index (κ2) is 8.57. The summed E-state index contributed by atoms with van der Waals surface area (Å²) in [4.78, 5) is 0. The van der Waals surface area contributed by atoms with E-state index in [0.717, 1.165) is 6.42 Å². The van der Waals surface area contributed by atoms with Crippen molar-refractivity contribution in [2.75, 3.05) is 18.5 Å². The Morgan fingerprint density at radius 3 is 1.81 bits per heavy atom. The van der Waals surface area contributed by atoms with Crippen LogP contribution in [0.4, 0.5) is 0 Å². The van der Waals surface area contributed by atoms with E-state index >= 15 is 0 Å². The maximum absolute atomic E-state index is 2.39. The van der Waals surface area contributed by atoms with Gasteiger partial charge in [-0.15, -0.1) is 0 Å². The first-order valence-corrected chi connectivity index (χ1v) is 10.1. The summed E-state index contributed by atoms with van der Waals surface area (Å²) in [5, 5.41) is 1.66. The van der Waals surface area contributed by atoms with E-state index in [1.807, 2.05) is 0 Å². The van der Waals surface area contributed by atoms with Gasteiger partial charge in [0.1, 0.15) is 0 Å². The molecule has 2 aromatic carbocycles. The fourth-order valence-corrected chi connectivity index (χ4v) is 6.65. The summed E-state index contributed by atoms with van der Waals surface area (Å²) in [5.74, 6) is 0. The third kappa shape index (κ3) is 4.09. The van der Waals surface area contributed by atoms with Gasteiger partial charge in [-0.1, -0.05) is 48.5 Å². The van der Waals surface area contributed by atoms with E-state index in [1.165, 1.54) is 29.6 Å². The van der Waals surface area contributed by atoms with Gasteiger partial charge in [-0.05, 0) is 38.0 Å². The van der Waals surface area contributed by atoms with Crippen LogP contribution in [-0.2, 0) is 6.42 Å². The van der Waals surface area contributed by atoms with Gasteiger partial charge in [0.2, 0.25) is 0 Å². The van der Waals surface area contributed by atoms with Crippen molar-refractivity contribution in [2.45, 2.75) is 27.2 Å². The molecule has 0 atom stereocenters. The molecule has 114 valence electrons. The monoisotopic (exact) mass is 320 g/mol. The van der Waals surface area contributed by atoms with Crippen molar-refractivity contribution in [3.63, 3.8) is 0 Å². The van der Waals surface area contributed by atoms with Gasteiger partial charge in [-0.2, -0.15) is 0 Å². The molecular formula is C19H26ClP. The van der Waals surface area contributed by atoms with Crippen molar-refractivity contribution >= 4 is 12.6 Å². The standard InChI is InChI=1S/C19H26P.ClH/c1-4-20(5-2,6-3)19-15-11-10-14-18(19)16-17-12-8-7-9-13-17;/h7-15H,4-6,16H2,1-3H3;1H/q+1;/p-1. The van der Waals surface area contributed by atoms with Gasteiger partial charge in [-0.25, -0.2) is 0 Å². The number of rotatable bonds is 6. The van der Waals surface area contributed by atoms with Crippen LogP contribution in [0.15, 0.2) is 54.6 Å². The van der Waals surface area contributed by atoms with Gasteiger partial charge in [-0.3, -0.25) is 0 Å². The Morgan fingerprint density at radius 2 is 1.24 bits per heavy atom. The number of hydrogen-bond acceptors (Lipinski definition) is 0. The summed E-state index contributed by atoms with van der Waals surface area (Å²) >= 11 is 0. The minimum Gasteiger partial charge on any atom is -1.00 e. The third-order valence-corrected chi connectivity index (χ3v) is 9.65. The molecule has 0 fully saturated rings. The summed E-state index contributed by atoms with van der Waals surface area (Å²) in [6.07, 6.45) is 5.04. The zero-order chi connectivity index (χ0) is 14.4. The molecule has 2 rings (SSSR count). The lowest BCUT2D eigenvalue weighted by molar-refractivity contribution is -0.00000422. The highest BCUT2D eigenvalue weighted by atomic mass is 35.5. The average Bonchev–Trinajstić information content (AvgIpc) is 2.52. The van der Waals surface area contributed by atoms with Crippen LogP contribution in [0.5, 0.6) is 0 Å². The molecule has 0 amide bonds. The number of halogens is 1. The molecule has 0 aliphatic carbocycles. The van der Waals surface area contributed by atoms with Gasteiger partial charge in [0.15, 0.2) is 0 Å². The zero-order valence-corrected chi connectivity index (χ0v) is 15.0. The molecule has 0 spiro atoms. The number of benzene rings is 2. The van der Waals surface area contributed by atoms with Gasteiger partial charge in [0.25, 0.3) is 0 Å². The van der Waals surface area contributed by atoms with Crippen molar-refractivity contribution in [2.24, 2.45) is 0 Å². The van der Waals surface area contributed by atoms with Gasteiger partial charge < -0.3 is 12.4 Å². The summed E-state index contributed by atoms with van der Waals surface area (Å²) < 4.78 is 0. The lowest BCUT2D eigenvalue weighted by Crippen LogP contribution is -3.00. The van der Waals surface area contributed by atoms with Gasteiger partial charge >= 0.3 is 0 Å². The summed E-state index contributed by atoms with van der Waals surface area (Å²) in [6, 6.07) is 20.0. The Hall–Kier alpha value is -0.840. The van der Waals surface area contributed by atoms with Crippen LogP contribution >= 0.6 is 7.26 Å². The molecule has 0 radical (unpaired) electrons. The molecular weight excluding hydrogens is 295 g/mol. The van der Waals surface area contributed by atoms with Crippen LogP contribution in [0.2, 0.25) is 0 Å². The Bertz CT molecular complexity index is 524. The Labute approximate surface area is 136 Å². The van der Waals surface area contributed by atoms with Crippen LogP contribution in [0.25, 0.3) is 0 Å². The SMILES string of the molecule is CC[P+](CC)(CC)c1ccccc1Cc1ccccc1.[Cl-]. The molecule has 0 aliphatic rings. The number of hydrogen-bond donors (Lipinski definition) is 0. The molecule has 0 saturated carbocycles. The highest BCUT2D eigenvalue weighted by molar-refractivity contribution is 7.82. The molecule has 2 heteroatoms. The second-order valence-corrected chi connectivity index (χ2v) is 10.1. The first-order valence-electron chi connectivity index (χ1n) is 7.74. The quantitative estimate of drug-likeness (QED) is 0.714. The predicted molar refractivity (Wildman–Crippen MR) is 93.9 cm³/mol. The maximum atomic E-state index is 2.39. The molecule has 2 aromatic rings. The first-order chi connectivity index (χ1) is 9.75. The summed E-state index contributed by atoms with van der Waals surface area (Å²) in [7, 11) is -0.966. The molecule has 0 nitrogen and oxygen atoms in total. The highest BCUT2D eigenvalue weighted by Gasteiger charge is 2.35. The smallest absolute Gasteiger partial charge is 0.0974 e. The Morgan fingerprint density at radius 1 is 0.714 bits per heavy atom. The topological polar surface area (TPSA) is 0 Å². The van der Waals surface area contributed by atoms with Crippen molar-refractivity contribution in [3.8, 4) is 0 Å². The fraction of sp³-hybridized carbons (Fsp3) is 0.368. The molecule has 0 heterocycles. The van der Waals surface area contributed by atoms with Gasteiger partial charge in [0.05, 0.1) is 23.8 Å². The molecule has 0 unspecified atom stereocenters. The van der Waals surface area contributed by atoms with E-state index in [1.54, 1.807) is 5.30 Å². The molecule has 0 bridgehead atoms. The first kappa shape index (κ1) is 18.2. The Kier molecular flexibility index (Phi) is 7.43. The van der Waals surface area contributed by atoms with E-state index in [9.17, 15) is 0 Å². The molecule has 0 N–H and O–H groups in total. The third-order valence-electron chi connectivity index (χ3n) is 4.56. The van der Waals surface area contributed by atoms with Gasteiger partial charge in [0, 0.05) is 13.7 Å². The summed E-state index contributed by atoms with van der Waals surface area (Å²) in [6.45, 7) is 7.13. The van der Waals surface area contributed by atoms with Crippen molar-refractivity contribution in [1.29, 1.82) is 0 Å². The highest BCUT2D eigenvalue weighted by Crippen LogP contribution is 2.57. The van der Waals surface area contributed by atoms with E-state index in [-0.39, 0.29) is 12.4 Å². The minimum absolute atomic E-state index is 0. The van der Waals surface area contributed by atoms with Crippen LogP contribution in [-0.4, -0.2) is 18.5 Å². The average molecular weight is 321 g/mol. The van der Waals surface area contributed by atoms with Crippen molar-refractivity contribution in [1.82, 2.24) is 0 Å². The van der Waals surface area contributed by atoms with Crippen molar-refractivity contribution in [3.05, 3.63) is 65.7 Å². The van der Waals surface area contributed by atoms with E-state index in [4.69, 9.17) is 0 Å². The normalized spacial score (nSPS) is 11.0. The van der Waals surface area contributed by atoms with Crippen LogP contribution in [0.3, 0.4) is 0 Å². The lowest BCUT2D eigenvalue weighted by atomic mass is 10.1. The maximum Gasteiger partial charge on any atom is 0.0974 e. The predicted octanol–water partition coefficient (Wildman–Crippen LogP) is 1.98. The van der Waals surface area contributed by atoms with E-state index in [2.05, 4.69) is 75.4 Å². The van der Waals surface area contributed by atoms with E-state index in [0.29, 0.717) is 0 Å².